The van der Waals surface area contributed by atoms with Crippen LogP contribution in [0.4, 0.5) is 5.69 Å². The molecule has 9 nitrogen and oxygen atoms in total. The highest BCUT2D eigenvalue weighted by Crippen LogP contribution is 2.31. The molecule has 2 heterocycles. The Morgan fingerprint density at radius 3 is 2.66 bits per heavy atom. The number of aromatic nitrogens is 1. The van der Waals surface area contributed by atoms with E-state index in [4.69, 9.17) is 33.4 Å². The number of aromatic carboxylic acids is 1. The highest BCUT2D eigenvalue weighted by Gasteiger charge is 2.23. The maximum atomic E-state index is 12.7. The van der Waals surface area contributed by atoms with Gasteiger partial charge in [-0.3, -0.25) is 19.9 Å². The fourth-order valence-corrected chi connectivity index (χ4v) is 3.26. The van der Waals surface area contributed by atoms with Crippen molar-refractivity contribution < 1.29 is 23.9 Å². The molecule has 0 aliphatic rings. The zero-order valence-corrected chi connectivity index (χ0v) is 18.0. The number of halogens is 2. The minimum absolute atomic E-state index is 0.0460. The molecule has 0 aliphatic heterocycles. The van der Waals surface area contributed by atoms with Crippen LogP contribution in [0.15, 0.2) is 53.2 Å². The number of nitrogens with one attached hydrogen (secondary N) is 2. The molecule has 1 aromatic carbocycles. The summed E-state index contributed by atoms with van der Waals surface area (Å²) in [4.78, 5) is 39.2. The topological polar surface area (TPSA) is 148 Å². The average molecular weight is 477 g/mol. The van der Waals surface area contributed by atoms with Crippen molar-refractivity contribution in [1.29, 1.82) is 0 Å². The van der Waals surface area contributed by atoms with E-state index in [1.807, 2.05) is 0 Å². The quantitative estimate of drug-likeness (QED) is 0.370. The van der Waals surface area contributed by atoms with Crippen LogP contribution in [0.1, 0.15) is 22.5 Å². The number of nitrogens with two attached hydrogens (primary N) is 1. The van der Waals surface area contributed by atoms with E-state index in [0.29, 0.717) is 27.1 Å². The predicted molar refractivity (Wildman–Crippen MR) is 118 cm³/mol. The van der Waals surface area contributed by atoms with Crippen LogP contribution in [0, 0.1) is 0 Å². The van der Waals surface area contributed by atoms with Crippen molar-refractivity contribution in [2.45, 2.75) is 19.0 Å². The normalized spacial score (nSPS) is 11.7. The standard InChI is InChI=1S/C21H18Cl2N4O5/c22-11-1-3-15(23)13(7-11)18-4-2-12(32-18)9-26-17(8-19(24)28)20(29)27-16-5-6-25-10-14(16)21(30)31/h1-7,10,17,26H,8-9H2,(H2,24,28)(H,30,31)(H,25,27,29). The molecule has 11 heteroatoms. The van der Waals surface area contributed by atoms with E-state index in [-0.39, 0.29) is 24.2 Å². The van der Waals surface area contributed by atoms with Crippen LogP contribution in [0.2, 0.25) is 10.0 Å². The number of carbonyl (C=O) groups excluding carboxylic acids is 2. The summed E-state index contributed by atoms with van der Waals surface area (Å²) in [6.45, 7) is 0.0890. The van der Waals surface area contributed by atoms with Gasteiger partial charge in [0.25, 0.3) is 0 Å². The second-order valence-electron chi connectivity index (χ2n) is 6.71. The van der Waals surface area contributed by atoms with Crippen LogP contribution in [-0.4, -0.2) is 33.9 Å². The van der Waals surface area contributed by atoms with E-state index in [1.165, 1.54) is 12.3 Å². The lowest BCUT2D eigenvalue weighted by Crippen LogP contribution is -2.43. The Balaban J connectivity index is 1.72. The van der Waals surface area contributed by atoms with Gasteiger partial charge in [0, 0.05) is 23.0 Å². The lowest BCUT2D eigenvalue weighted by molar-refractivity contribution is -0.124. The first-order valence-electron chi connectivity index (χ1n) is 9.28. The summed E-state index contributed by atoms with van der Waals surface area (Å²) in [5.74, 6) is -1.66. The number of furan rings is 1. The third-order valence-corrected chi connectivity index (χ3v) is 4.97. The van der Waals surface area contributed by atoms with Crippen LogP contribution in [0.3, 0.4) is 0 Å². The summed E-state index contributed by atoms with van der Waals surface area (Å²) < 4.78 is 5.77. The van der Waals surface area contributed by atoms with Gasteiger partial charge < -0.3 is 20.6 Å². The molecule has 2 aromatic heterocycles. The second kappa shape index (κ2) is 10.3. The highest BCUT2D eigenvalue weighted by atomic mass is 35.5. The van der Waals surface area contributed by atoms with Crippen LogP contribution in [-0.2, 0) is 16.1 Å². The summed E-state index contributed by atoms with van der Waals surface area (Å²) in [7, 11) is 0. The smallest absolute Gasteiger partial charge is 0.339 e. The molecule has 0 aliphatic carbocycles. The Bertz CT molecular complexity index is 1160. The molecule has 0 spiro atoms. The van der Waals surface area contributed by atoms with Gasteiger partial charge in [-0.1, -0.05) is 23.2 Å². The van der Waals surface area contributed by atoms with Crippen LogP contribution in [0.25, 0.3) is 11.3 Å². The molecule has 3 rings (SSSR count). The van der Waals surface area contributed by atoms with Crippen molar-refractivity contribution >= 4 is 46.7 Å². The number of nitrogens with zero attached hydrogens (tertiary/aromatic N) is 1. The molecule has 166 valence electrons. The molecule has 32 heavy (non-hydrogen) atoms. The van der Waals surface area contributed by atoms with E-state index < -0.39 is 23.8 Å². The summed E-state index contributed by atoms with van der Waals surface area (Å²) in [6.07, 6.45) is 2.14. The monoisotopic (exact) mass is 476 g/mol. The Morgan fingerprint density at radius 2 is 1.94 bits per heavy atom. The van der Waals surface area contributed by atoms with E-state index >= 15 is 0 Å². The van der Waals surface area contributed by atoms with Gasteiger partial charge in [0.05, 0.1) is 29.7 Å². The molecule has 5 N–H and O–H groups in total. The lowest BCUT2D eigenvalue weighted by atomic mass is 10.1. The first-order valence-corrected chi connectivity index (χ1v) is 10.0. The van der Waals surface area contributed by atoms with Crippen molar-refractivity contribution in [2.24, 2.45) is 5.73 Å². The maximum Gasteiger partial charge on any atom is 0.339 e. The van der Waals surface area contributed by atoms with Crippen molar-refractivity contribution in [1.82, 2.24) is 10.3 Å². The van der Waals surface area contributed by atoms with Crippen LogP contribution in [0.5, 0.6) is 0 Å². The molecule has 1 atom stereocenters. The first-order chi connectivity index (χ1) is 15.2. The van der Waals surface area contributed by atoms with E-state index in [1.54, 1.807) is 30.3 Å². The predicted octanol–water partition coefficient (Wildman–Crippen LogP) is 3.32. The second-order valence-corrected chi connectivity index (χ2v) is 7.55. The molecule has 0 saturated carbocycles. The molecular formula is C21H18Cl2N4O5. The van der Waals surface area contributed by atoms with Gasteiger partial charge in [-0.25, -0.2) is 4.79 Å². The van der Waals surface area contributed by atoms with Crippen molar-refractivity contribution in [3.8, 4) is 11.3 Å². The molecular weight excluding hydrogens is 459 g/mol. The number of carboxylic acids is 1. The van der Waals surface area contributed by atoms with Gasteiger partial charge in [-0.2, -0.15) is 0 Å². The number of benzene rings is 1. The zero-order valence-electron chi connectivity index (χ0n) is 16.5. The Labute approximate surface area is 192 Å². The SMILES string of the molecule is NC(=O)CC(NCc1ccc(-c2cc(Cl)ccc2Cl)o1)C(=O)Nc1ccncc1C(=O)O. The van der Waals surface area contributed by atoms with E-state index in [2.05, 4.69) is 15.6 Å². The average Bonchev–Trinajstić information content (AvgIpc) is 3.21. The summed E-state index contributed by atoms with van der Waals surface area (Å²) in [6, 6.07) is 8.67. The van der Waals surface area contributed by atoms with Gasteiger partial charge in [0.1, 0.15) is 17.1 Å². The number of hydrogen-bond acceptors (Lipinski definition) is 6. The number of pyridine rings is 1. The largest absolute Gasteiger partial charge is 0.478 e. The third kappa shape index (κ3) is 5.85. The maximum absolute atomic E-state index is 12.7. The molecule has 0 radical (unpaired) electrons. The first kappa shape index (κ1) is 23.3. The summed E-state index contributed by atoms with van der Waals surface area (Å²) in [5, 5.41) is 15.6. The molecule has 2 amide bonds. The van der Waals surface area contributed by atoms with Gasteiger partial charge in [0.15, 0.2) is 0 Å². The number of anilines is 1. The number of carbonyl (C=O) groups is 3. The Kier molecular flexibility index (Phi) is 7.47. The molecule has 0 bridgehead atoms. The molecule has 0 saturated heterocycles. The van der Waals surface area contributed by atoms with Gasteiger partial charge in [-0.05, 0) is 36.4 Å². The van der Waals surface area contributed by atoms with Crippen LogP contribution >= 0.6 is 23.2 Å². The number of amides is 2. The van der Waals surface area contributed by atoms with Crippen molar-refractivity contribution in [3.63, 3.8) is 0 Å². The minimum atomic E-state index is -1.25. The lowest BCUT2D eigenvalue weighted by Gasteiger charge is -2.17. The summed E-state index contributed by atoms with van der Waals surface area (Å²) in [5.41, 5.74) is 5.73. The van der Waals surface area contributed by atoms with Crippen LogP contribution < -0.4 is 16.4 Å². The number of rotatable bonds is 9. The van der Waals surface area contributed by atoms with Crippen molar-refractivity contribution in [3.05, 3.63) is 70.2 Å². The van der Waals surface area contributed by atoms with E-state index in [9.17, 15) is 19.5 Å². The molecule has 1 unspecified atom stereocenters. The fourth-order valence-electron chi connectivity index (χ4n) is 2.88. The van der Waals surface area contributed by atoms with Gasteiger partial charge in [0.2, 0.25) is 11.8 Å². The number of hydrogen-bond donors (Lipinski definition) is 4. The van der Waals surface area contributed by atoms with Gasteiger partial charge >= 0.3 is 5.97 Å². The zero-order chi connectivity index (χ0) is 23.3. The van der Waals surface area contributed by atoms with Gasteiger partial charge in [-0.15, -0.1) is 0 Å². The number of primary amides is 1. The third-order valence-electron chi connectivity index (χ3n) is 4.41. The summed E-state index contributed by atoms with van der Waals surface area (Å²) >= 11 is 12.2. The minimum Gasteiger partial charge on any atom is -0.478 e. The highest BCUT2D eigenvalue weighted by molar-refractivity contribution is 6.35. The Hall–Kier alpha value is -3.40. The van der Waals surface area contributed by atoms with Crippen molar-refractivity contribution in [2.75, 3.05) is 5.32 Å². The molecule has 3 aromatic rings. The molecule has 0 fully saturated rings. The number of carboxylic acid groups (broad SMARTS) is 1. The Morgan fingerprint density at radius 1 is 1.16 bits per heavy atom. The fraction of sp³-hybridized carbons (Fsp3) is 0.143. The van der Waals surface area contributed by atoms with E-state index in [0.717, 1.165) is 6.20 Å².